The molecule has 12 heteroatoms. The zero-order chi connectivity index (χ0) is 29.6. The number of amidine groups is 2. The van der Waals surface area contributed by atoms with Gasteiger partial charge in [0.15, 0.2) is 11.7 Å². The molecule has 3 rings (SSSR count). The second kappa shape index (κ2) is 16.2. The molecule has 0 saturated carbocycles. The zero-order valence-electron chi connectivity index (χ0n) is 23.5. The first-order valence-electron chi connectivity index (χ1n) is 13.7. The Bertz CT molecular complexity index is 1210. The second-order valence-corrected chi connectivity index (χ2v) is 9.55. The molecule has 1 saturated heterocycles. The first-order chi connectivity index (χ1) is 19.8. The van der Waals surface area contributed by atoms with Crippen molar-refractivity contribution in [3.8, 4) is 11.5 Å². The SMILES string of the molecule is CCC(=O)ON=C(N)c1ccc(OCC2CCN(CCCOc3ccc(C(N)=NOC(=O)CC)c(F)c3)CC2)cc1. The van der Waals surface area contributed by atoms with Gasteiger partial charge in [-0.2, -0.15) is 0 Å². The van der Waals surface area contributed by atoms with Crippen molar-refractivity contribution in [1.82, 2.24) is 4.90 Å². The van der Waals surface area contributed by atoms with E-state index in [1.807, 2.05) is 12.1 Å². The number of benzene rings is 2. The minimum atomic E-state index is -0.607. The zero-order valence-corrected chi connectivity index (χ0v) is 23.5. The highest BCUT2D eigenvalue weighted by atomic mass is 19.1. The maximum absolute atomic E-state index is 14.4. The van der Waals surface area contributed by atoms with Gasteiger partial charge in [-0.05, 0) is 74.7 Å². The van der Waals surface area contributed by atoms with Crippen molar-refractivity contribution in [3.63, 3.8) is 0 Å². The van der Waals surface area contributed by atoms with Gasteiger partial charge >= 0.3 is 11.9 Å². The number of nitrogens with zero attached hydrogens (tertiary/aromatic N) is 3. The summed E-state index contributed by atoms with van der Waals surface area (Å²) in [6, 6.07) is 11.5. The fraction of sp³-hybridized carbons (Fsp3) is 0.448. The molecule has 4 N–H and O–H groups in total. The Kier molecular flexibility index (Phi) is 12.4. The van der Waals surface area contributed by atoms with Crippen molar-refractivity contribution in [2.24, 2.45) is 27.7 Å². The summed E-state index contributed by atoms with van der Waals surface area (Å²) in [5, 5.41) is 7.11. The number of hydrogen-bond acceptors (Lipinski definition) is 9. The van der Waals surface area contributed by atoms with Crippen molar-refractivity contribution < 1.29 is 33.1 Å². The van der Waals surface area contributed by atoms with Crippen LogP contribution in [0.25, 0.3) is 0 Å². The maximum Gasteiger partial charge on any atom is 0.334 e. The molecule has 0 unspecified atom stereocenters. The third kappa shape index (κ3) is 10.4. The summed E-state index contributed by atoms with van der Waals surface area (Å²) >= 11 is 0. The number of likely N-dealkylation sites (tertiary alicyclic amines) is 1. The number of hydrogen-bond donors (Lipinski definition) is 2. The lowest BCUT2D eigenvalue weighted by Crippen LogP contribution is -2.36. The highest BCUT2D eigenvalue weighted by Crippen LogP contribution is 2.21. The monoisotopic (exact) mass is 571 g/mol. The Morgan fingerprint density at radius 3 is 2.12 bits per heavy atom. The van der Waals surface area contributed by atoms with Gasteiger partial charge in [-0.15, -0.1) is 0 Å². The van der Waals surface area contributed by atoms with Crippen LogP contribution in [0.2, 0.25) is 0 Å². The molecule has 0 aliphatic carbocycles. The average molecular weight is 572 g/mol. The lowest BCUT2D eigenvalue weighted by molar-refractivity contribution is -0.144. The molecule has 41 heavy (non-hydrogen) atoms. The number of piperidine rings is 1. The van der Waals surface area contributed by atoms with Crippen LogP contribution in [0.5, 0.6) is 11.5 Å². The van der Waals surface area contributed by atoms with Crippen LogP contribution in [0.15, 0.2) is 52.8 Å². The van der Waals surface area contributed by atoms with E-state index in [0.717, 1.165) is 44.6 Å². The third-order valence-corrected chi connectivity index (χ3v) is 6.52. The van der Waals surface area contributed by atoms with Crippen LogP contribution < -0.4 is 20.9 Å². The number of oxime groups is 2. The van der Waals surface area contributed by atoms with Gasteiger partial charge in [-0.3, -0.25) is 0 Å². The standard InChI is InChI=1S/C29H38FN5O6/c1-3-26(36)40-33-28(31)21-6-8-22(9-7-21)39-19-20-12-15-35(16-13-20)14-5-17-38-23-10-11-24(25(30)18-23)29(32)34-41-27(37)4-2/h6-11,18,20H,3-5,12-17,19H2,1-2H3,(H2,31,33)(H2,32,34). The van der Waals surface area contributed by atoms with Crippen LogP contribution in [-0.4, -0.2) is 61.4 Å². The van der Waals surface area contributed by atoms with E-state index in [4.69, 9.17) is 25.8 Å². The largest absolute Gasteiger partial charge is 0.493 e. The number of carbonyl (C=O) groups is 2. The van der Waals surface area contributed by atoms with Crippen LogP contribution in [0.1, 0.15) is 57.1 Å². The van der Waals surface area contributed by atoms with Crippen LogP contribution in [0.4, 0.5) is 4.39 Å². The van der Waals surface area contributed by atoms with Gasteiger partial charge < -0.3 is 35.5 Å². The first-order valence-corrected chi connectivity index (χ1v) is 13.7. The number of rotatable bonds is 14. The fourth-order valence-electron chi connectivity index (χ4n) is 4.02. The molecule has 1 aliphatic heterocycles. The molecule has 0 radical (unpaired) electrons. The molecule has 0 amide bonds. The van der Waals surface area contributed by atoms with Crippen molar-refractivity contribution in [2.75, 3.05) is 32.8 Å². The van der Waals surface area contributed by atoms with Crippen molar-refractivity contribution in [2.45, 2.75) is 46.0 Å². The fourth-order valence-corrected chi connectivity index (χ4v) is 4.02. The highest BCUT2D eigenvalue weighted by Gasteiger charge is 2.19. The number of ether oxygens (including phenoxy) is 2. The van der Waals surface area contributed by atoms with Crippen LogP contribution in [0, 0.1) is 11.7 Å². The summed E-state index contributed by atoms with van der Waals surface area (Å²) in [4.78, 5) is 34.1. The lowest BCUT2D eigenvalue weighted by Gasteiger charge is -2.31. The molecular weight excluding hydrogens is 533 g/mol. The minimum absolute atomic E-state index is 0.0379. The van der Waals surface area contributed by atoms with E-state index < -0.39 is 17.8 Å². The van der Waals surface area contributed by atoms with Crippen LogP contribution >= 0.6 is 0 Å². The van der Waals surface area contributed by atoms with Gasteiger partial charge in [0.05, 0.1) is 18.8 Å². The molecule has 0 spiro atoms. The normalized spacial score (nSPS) is 14.9. The Balaban J connectivity index is 1.32. The van der Waals surface area contributed by atoms with E-state index in [9.17, 15) is 14.0 Å². The smallest absolute Gasteiger partial charge is 0.334 e. The van der Waals surface area contributed by atoms with E-state index >= 15 is 0 Å². The summed E-state index contributed by atoms with van der Waals surface area (Å²) < 4.78 is 26.1. The molecule has 2 aromatic carbocycles. The molecule has 1 heterocycles. The van der Waals surface area contributed by atoms with Gasteiger partial charge in [-0.1, -0.05) is 24.2 Å². The van der Waals surface area contributed by atoms with Crippen molar-refractivity contribution in [1.29, 1.82) is 0 Å². The number of halogens is 1. The molecule has 0 aromatic heterocycles. The van der Waals surface area contributed by atoms with E-state index in [1.54, 1.807) is 32.0 Å². The summed E-state index contributed by atoms with van der Waals surface area (Å²) in [6.07, 6.45) is 3.24. The number of carbonyl (C=O) groups excluding carboxylic acids is 2. The van der Waals surface area contributed by atoms with E-state index in [0.29, 0.717) is 30.4 Å². The average Bonchev–Trinajstić information content (AvgIpc) is 3.00. The van der Waals surface area contributed by atoms with Crippen LogP contribution in [-0.2, 0) is 19.3 Å². The molecule has 1 fully saturated rings. The quantitative estimate of drug-likeness (QED) is 0.114. The Morgan fingerprint density at radius 2 is 1.51 bits per heavy atom. The Labute approximate surface area is 239 Å². The topological polar surface area (TPSA) is 151 Å². The van der Waals surface area contributed by atoms with Crippen LogP contribution in [0.3, 0.4) is 0 Å². The molecule has 0 atom stereocenters. The summed E-state index contributed by atoms with van der Waals surface area (Å²) in [7, 11) is 0. The second-order valence-electron chi connectivity index (χ2n) is 9.55. The number of nitrogens with two attached hydrogens (primary N) is 2. The van der Waals surface area contributed by atoms with Gasteiger partial charge in [0.1, 0.15) is 17.3 Å². The lowest BCUT2D eigenvalue weighted by atomic mass is 9.98. The van der Waals surface area contributed by atoms with Gasteiger partial charge in [-0.25, -0.2) is 14.0 Å². The summed E-state index contributed by atoms with van der Waals surface area (Å²) in [6.45, 7) is 7.21. The van der Waals surface area contributed by atoms with Gasteiger partial charge in [0, 0.05) is 31.0 Å². The Morgan fingerprint density at radius 1 is 0.902 bits per heavy atom. The van der Waals surface area contributed by atoms with Gasteiger partial charge in [0.25, 0.3) is 0 Å². The molecular formula is C29H38FN5O6. The van der Waals surface area contributed by atoms with E-state index in [-0.39, 0.29) is 30.1 Å². The third-order valence-electron chi connectivity index (χ3n) is 6.52. The predicted molar refractivity (Wildman–Crippen MR) is 152 cm³/mol. The predicted octanol–water partition coefficient (Wildman–Crippen LogP) is 3.53. The molecule has 222 valence electrons. The molecule has 11 nitrogen and oxygen atoms in total. The summed E-state index contributed by atoms with van der Waals surface area (Å²) in [5.74, 6) is -0.0981. The summed E-state index contributed by atoms with van der Waals surface area (Å²) in [5.41, 5.74) is 12.2. The van der Waals surface area contributed by atoms with E-state index in [1.165, 1.54) is 12.1 Å². The molecule has 0 bridgehead atoms. The highest BCUT2D eigenvalue weighted by molar-refractivity contribution is 5.98. The van der Waals surface area contributed by atoms with Crippen molar-refractivity contribution >= 4 is 23.6 Å². The Hall–Kier alpha value is -4.19. The molecule has 2 aromatic rings. The minimum Gasteiger partial charge on any atom is -0.493 e. The maximum atomic E-state index is 14.4. The van der Waals surface area contributed by atoms with Gasteiger partial charge in [0.2, 0.25) is 0 Å². The van der Waals surface area contributed by atoms with Crippen molar-refractivity contribution in [3.05, 3.63) is 59.4 Å². The molecule has 1 aliphatic rings. The van der Waals surface area contributed by atoms with E-state index in [2.05, 4.69) is 20.0 Å². The first kappa shape index (κ1) is 31.3.